The average Bonchev–Trinajstić information content (AvgIpc) is 2.07. The Morgan fingerprint density at radius 3 is 2.57 bits per heavy atom. The number of aromatic nitrogens is 1. The summed E-state index contributed by atoms with van der Waals surface area (Å²) in [5, 5.41) is 9.60. The predicted octanol–water partition coefficient (Wildman–Crippen LogP) is 2.72. The van der Waals surface area contributed by atoms with E-state index in [-0.39, 0.29) is 0 Å². The Hall–Kier alpha value is -1.37. The van der Waals surface area contributed by atoms with Crippen LogP contribution in [0, 0.1) is 15.9 Å². The number of rotatable bonds is 2. The zero-order valence-electron chi connectivity index (χ0n) is 6.38. The number of hydrogen-bond acceptors (Lipinski definition) is 3. The van der Waals surface area contributed by atoms with Crippen molar-refractivity contribution in [3.8, 4) is 0 Å². The van der Waals surface area contributed by atoms with E-state index in [1.54, 1.807) is 0 Å². The molecule has 0 spiro atoms. The van der Waals surface area contributed by atoms with Crippen molar-refractivity contribution in [2.45, 2.75) is 6.43 Å². The van der Waals surface area contributed by atoms with Crippen molar-refractivity contribution in [3.05, 3.63) is 32.7 Å². The van der Waals surface area contributed by atoms with E-state index in [2.05, 4.69) is 4.98 Å². The molecule has 14 heavy (non-hydrogen) atoms. The fraction of sp³-hybridized carbons (Fsp3) is 0.167. The predicted molar refractivity (Wildman–Crippen MR) is 40.8 cm³/mol. The van der Waals surface area contributed by atoms with Crippen molar-refractivity contribution in [2.75, 3.05) is 0 Å². The van der Waals surface area contributed by atoms with Gasteiger partial charge in [0.2, 0.25) is 11.0 Å². The van der Waals surface area contributed by atoms with E-state index < -0.39 is 33.7 Å². The fourth-order valence-electron chi connectivity index (χ4n) is 0.783. The van der Waals surface area contributed by atoms with Gasteiger partial charge in [0.25, 0.3) is 6.43 Å². The molecule has 1 heterocycles. The monoisotopic (exact) mass is 226 g/mol. The lowest BCUT2D eigenvalue weighted by Gasteiger charge is -2.01. The third kappa shape index (κ3) is 1.92. The SMILES string of the molecule is O=[N+]([O-])c1nc(Cl)cc(C(F)F)c1F. The van der Waals surface area contributed by atoms with E-state index in [1.807, 2.05) is 0 Å². The summed E-state index contributed by atoms with van der Waals surface area (Å²) in [6, 6.07) is 0.550. The summed E-state index contributed by atoms with van der Waals surface area (Å²) in [7, 11) is 0. The molecular formula is C6H2ClF3N2O2. The second-order valence-electron chi connectivity index (χ2n) is 2.23. The van der Waals surface area contributed by atoms with Crippen LogP contribution in [0.15, 0.2) is 6.07 Å². The number of pyridine rings is 1. The van der Waals surface area contributed by atoms with Crippen molar-refractivity contribution >= 4 is 17.4 Å². The standard InChI is InChI=1S/C6H2ClF3N2O2/c7-3-1-2(5(9)10)4(8)6(11-3)12(13)14/h1,5H. The van der Waals surface area contributed by atoms with Gasteiger partial charge in [-0.3, -0.25) is 0 Å². The van der Waals surface area contributed by atoms with Crippen LogP contribution in [-0.4, -0.2) is 9.91 Å². The Kier molecular flexibility index (Phi) is 2.90. The van der Waals surface area contributed by atoms with Crippen molar-refractivity contribution in [1.29, 1.82) is 0 Å². The van der Waals surface area contributed by atoms with Crippen LogP contribution >= 0.6 is 11.6 Å². The van der Waals surface area contributed by atoms with Gasteiger partial charge in [0.1, 0.15) is 0 Å². The number of alkyl halides is 2. The van der Waals surface area contributed by atoms with Crippen LogP contribution in [0.1, 0.15) is 12.0 Å². The first-order valence-electron chi connectivity index (χ1n) is 3.22. The summed E-state index contributed by atoms with van der Waals surface area (Å²) in [6.07, 6.45) is -3.17. The van der Waals surface area contributed by atoms with Gasteiger partial charge in [-0.1, -0.05) is 0 Å². The maximum atomic E-state index is 12.9. The minimum Gasteiger partial charge on any atom is -0.358 e. The molecule has 0 radical (unpaired) electrons. The lowest BCUT2D eigenvalue weighted by Crippen LogP contribution is -2.01. The number of hydrogen-bond donors (Lipinski definition) is 0. The zero-order chi connectivity index (χ0) is 10.9. The summed E-state index contributed by atoms with van der Waals surface area (Å²) in [5.74, 6) is -2.96. The van der Waals surface area contributed by atoms with Crippen LogP contribution in [0.25, 0.3) is 0 Å². The third-order valence-electron chi connectivity index (χ3n) is 1.35. The molecule has 76 valence electrons. The van der Waals surface area contributed by atoms with Crippen LogP contribution < -0.4 is 0 Å². The van der Waals surface area contributed by atoms with Crippen LogP contribution in [0.4, 0.5) is 19.0 Å². The number of halogens is 4. The second-order valence-corrected chi connectivity index (χ2v) is 2.62. The van der Waals surface area contributed by atoms with Gasteiger partial charge in [-0.05, 0) is 21.5 Å². The highest BCUT2D eigenvalue weighted by atomic mass is 35.5. The Bertz CT molecular complexity index is 386. The van der Waals surface area contributed by atoms with Gasteiger partial charge in [0.15, 0.2) is 0 Å². The van der Waals surface area contributed by atoms with Crippen molar-refractivity contribution < 1.29 is 18.1 Å². The Morgan fingerprint density at radius 2 is 2.14 bits per heavy atom. The van der Waals surface area contributed by atoms with Crippen LogP contribution in [0.2, 0.25) is 5.15 Å². The van der Waals surface area contributed by atoms with Gasteiger partial charge < -0.3 is 10.1 Å². The lowest BCUT2D eigenvalue weighted by molar-refractivity contribution is -0.392. The summed E-state index contributed by atoms with van der Waals surface area (Å²) in [5.41, 5.74) is -1.13. The summed E-state index contributed by atoms with van der Waals surface area (Å²) >= 11 is 5.19. The number of nitrogens with zero attached hydrogens (tertiary/aromatic N) is 2. The third-order valence-corrected chi connectivity index (χ3v) is 1.54. The molecule has 1 aromatic heterocycles. The fourth-order valence-corrected chi connectivity index (χ4v) is 0.981. The lowest BCUT2D eigenvalue weighted by atomic mass is 10.2. The maximum absolute atomic E-state index is 12.9. The van der Waals surface area contributed by atoms with Gasteiger partial charge >= 0.3 is 5.82 Å². The second kappa shape index (κ2) is 3.79. The van der Waals surface area contributed by atoms with Gasteiger partial charge in [0.05, 0.1) is 5.56 Å². The molecule has 0 saturated carbocycles. The highest BCUT2D eigenvalue weighted by molar-refractivity contribution is 6.29. The van der Waals surface area contributed by atoms with E-state index in [0.717, 1.165) is 0 Å². The molecule has 0 aliphatic heterocycles. The zero-order valence-corrected chi connectivity index (χ0v) is 7.13. The molecule has 0 N–H and O–H groups in total. The molecule has 0 bridgehead atoms. The van der Waals surface area contributed by atoms with Gasteiger partial charge in [-0.25, -0.2) is 8.78 Å². The van der Waals surface area contributed by atoms with Crippen LogP contribution in [0.3, 0.4) is 0 Å². The first-order chi connectivity index (χ1) is 6.43. The summed E-state index contributed by atoms with van der Waals surface area (Å²) < 4.78 is 37.1. The molecule has 0 fully saturated rings. The molecule has 0 aliphatic carbocycles. The van der Waals surface area contributed by atoms with E-state index in [1.165, 1.54) is 0 Å². The molecule has 1 aromatic rings. The Balaban J connectivity index is 3.40. The van der Waals surface area contributed by atoms with E-state index >= 15 is 0 Å². The molecule has 4 nitrogen and oxygen atoms in total. The molecular weight excluding hydrogens is 225 g/mol. The van der Waals surface area contributed by atoms with Crippen molar-refractivity contribution in [2.24, 2.45) is 0 Å². The molecule has 0 atom stereocenters. The van der Waals surface area contributed by atoms with E-state index in [9.17, 15) is 23.3 Å². The van der Waals surface area contributed by atoms with Crippen molar-refractivity contribution in [3.63, 3.8) is 0 Å². The smallest absolute Gasteiger partial charge is 0.358 e. The minimum absolute atomic E-state index is 0.548. The summed E-state index contributed by atoms with van der Waals surface area (Å²) in [4.78, 5) is 11.9. The van der Waals surface area contributed by atoms with E-state index in [0.29, 0.717) is 6.07 Å². The Labute approximate surface area is 80.5 Å². The normalized spacial score (nSPS) is 10.6. The van der Waals surface area contributed by atoms with Crippen LogP contribution in [-0.2, 0) is 0 Å². The highest BCUT2D eigenvalue weighted by Gasteiger charge is 2.26. The first kappa shape index (κ1) is 10.7. The topological polar surface area (TPSA) is 56.0 Å². The quantitative estimate of drug-likeness (QED) is 0.443. The average molecular weight is 227 g/mol. The van der Waals surface area contributed by atoms with Gasteiger partial charge in [-0.2, -0.15) is 4.39 Å². The molecule has 0 aromatic carbocycles. The Morgan fingerprint density at radius 1 is 1.57 bits per heavy atom. The number of nitro groups is 1. The van der Waals surface area contributed by atoms with Gasteiger partial charge in [0, 0.05) is 6.07 Å². The van der Waals surface area contributed by atoms with Gasteiger partial charge in [-0.15, -0.1) is 0 Å². The first-order valence-corrected chi connectivity index (χ1v) is 3.59. The largest absolute Gasteiger partial charge is 0.401 e. The van der Waals surface area contributed by atoms with Crippen LogP contribution in [0.5, 0.6) is 0 Å². The highest BCUT2D eigenvalue weighted by Crippen LogP contribution is 2.28. The molecule has 0 saturated heterocycles. The molecule has 1 rings (SSSR count). The van der Waals surface area contributed by atoms with Crippen molar-refractivity contribution in [1.82, 2.24) is 4.98 Å². The molecule has 0 amide bonds. The molecule has 0 aliphatic rings. The minimum atomic E-state index is -3.17. The molecule has 8 heteroatoms. The summed E-state index contributed by atoms with van der Waals surface area (Å²) in [6.45, 7) is 0. The molecule has 0 unspecified atom stereocenters. The maximum Gasteiger partial charge on any atom is 0.401 e. The van der Waals surface area contributed by atoms with E-state index in [4.69, 9.17) is 11.6 Å².